The molecule has 3 nitrogen and oxygen atoms in total. The van der Waals surface area contributed by atoms with Crippen LogP contribution in [-0.2, 0) is 4.79 Å². The Morgan fingerprint density at radius 3 is 2.63 bits per heavy atom. The van der Waals surface area contributed by atoms with Gasteiger partial charge < -0.3 is 10.4 Å². The number of carbonyl (C=O) groups is 1. The average Bonchev–Trinajstić information content (AvgIpc) is 2.37. The number of hydrogen-bond donors (Lipinski definition) is 2. The second-order valence-electron chi connectivity index (χ2n) is 5.18. The lowest BCUT2D eigenvalue weighted by molar-refractivity contribution is -0.124. The van der Waals surface area contributed by atoms with Crippen LogP contribution in [0.15, 0.2) is 18.2 Å². The van der Waals surface area contributed by atoms with Crippen LogP contribution in [-0.4, -0.2) is 17.6 Å². The van der Waals surface area contributed by atoms with Gasteiger partial charge in [-0.05, 0) is 37.1 Å². The highest BCUT2D eigenvalue weighted by Gasteiger charge is 2.25. The molecule has 1 amide bonds. The minimum atomic E-state index is -0.372. The van der Waals surface area contributed by atoms with E-state index in [9.17, 15) is 4.79 Å². The van der Waals surface area contributed by atoms with Gasteiger partial charge in [0.25, 0.3) is 0 Å². The van der Waals surface area contributed by atoms with Gasteiger partial charge in [-0.1, -0.05) is 32.6 Å². The van der Waals surface area contributed by atoms with Crippen molar-refractivity contribution in [1.29, 1.82) is 0 Å². The maximum atomic E-state index is 12.1. The third kappa shape index (κ3) is 4.11. The zero-order chi connectivity index (χ0) is 14.5. The van der Waals surface area contributed by atoms with Gasteiger partial charge in [-0.2, -0.15) is 0 Å². The first kappa shape index (κ1) is 15.3. The molecule has 3 heteroatoms. The molecule has 0 saturated carbocycles. The molecule has 0 aromatic heterocycles. The fraction of sp³-hybridized carbons (Fsp3) is 0.438. The monoisotopic (exact) mass is 259 g/mol. The summed E-state index contributed by atoms with van der Waals surface area (Å²) >= 11 is 0. The highest BCUT2D eigenvalue weighted by atomic mass is 16.2. The maximum Gasteiger partial charge on any atom is 0.230 e. The number of aryl methyl sites for hydroxylation is 1. The van der Waals surface area contributed by atoms with Gasteiger partial charge in [-0.25, -0.2) is 0 Å². The molecular weight excluding hydrogens is 238 g/mol. The van der Waals surface area contributed by atoms with Crippen molar-refractivity contribution in [2.75, 3.05) is 11.9 Å². The largest absolute Gasteiger partial charge is 0.384 e. The van der Waals surface area contributed by atoms with Crippen LogP contribution in [0.4, 0.5) is 5.69 Å². The number of amides is 1. The van der Waals surface area contributed by atoms with Crippen molar-refractivity contribution < 1.29 is 9.90 Å². The van der Waals surface area contributed by atoms with Crippen molar-refractivity contribution in [1.82, 2.24) is 0 Å². The van der Waals surface area contributed by atoms with Gasteiger partial charge >= 0.3 is 0 Å². The highest BCUT2D eigenvalue weighted by molar-refractivity contribution is 5.94. The maximum absolute atomic E-state index is 12.1. The van der Waals surface area contributed by atoms with E-state index in [0.717, 1.165) is 23.2 Å². The van der Waals surface area contributed by atoms with E-state index in [1.807, 2.05) is 45.9 Å². The van der Waals surface area contributed by atoms with Crippen LogP contribution in [0, 0.1) is 24.2 Å². The van der Waals surface area contributed by atoms with E-state index in [0.29, 0.717) is 0 Å². The molecule has 0 aliphatic carbocycles. The van der Waals surface area contributed by atoms with Crippen LogP contribution in [0.25, 0.3) is 0 Å². The van der Waals surface area contributed by atoms with Gasteiger partial charge in [0.1, 0.15) is 6.61 Å². The molecule has 19 heavy (non-hydrogen) atoms. The van der Waals surface area contributed by atoms with E-state index in [1.54, 1.807) is 0 Å². The number of aliphatic hydroxyl groups is 1. The number of hydrogen-bond acceptors (Lipinski definition) is 2. The van der Waals surface area contributed by atoms with E-state index in [4.69, 9.17) is 5.11 Å². The highest BCUT2D eigenvalue weighted by Crippen LogP contribution is 2.23. The lowest BCUT2D eigenvalue weighted by Gasteiger charge is -2.21. The number of aliphatic hydroxyl groups excluding tert-OH is 1. The number of anilines is 1. The van der Waals surface area contributed by atoms with E-state index >= 15 is 0 Å². The summed E-state index contributed by atoms with van der Waals surface area (Å²) in [4.78, 5) is 12.1. The normalized spacial score (nSPS) is 10.6. The average molecular weight is 259 g/mol. The van der Waals surface area contributed by atoms with Crippen LogP contribution in [0.3, 0.4) is 0 Å². The summed E-state index contributed by atoms with van der Waals surface area (Å²) in [7, 11) is 0. The molecule has 1 rings (SSSR count). The third-order valence-corrected chi connectivity index (χ3v) is 3.28. The second-order valence-corrected chi connectivity index (χ2v) is 5.18. The Morgan fingerprint density at radius 1 is 1.42 bits per heavy atom. The molecule has 0 aliphatic heterocycles. The minimum Gasteiger partial charge on any atom is -0.384 e. The molecule has 1 aromatic carbocycles. The third-order valence-electron chi connectivity index (χ3n) is 3.28. The Hall–Kier alpha value is -1.79. The van der Waals surface area contributed by atoms with E-state index in [-0.39, 0.29) is 17.9 Å². The van der Waals surface area contributed by atoms with Crippen LogP contribution < -0.4 is 5.32 Å². The fourth-order valence-electron chi connectivity index (χ4n) is 1.48. The molecule has 102 valence electrons. The Labute approximate surface area is 115 Å². The van der Waals surface area contributed by atoms with Crippen LogP contribution in [0.2, 0.25) is 0 Å². The molecule has 0 saturated heterocycles. The molecule has 0 atom stereocenters. The fourth-order valence-corrected chi connectivity index (χ4v) is 1.48. The van der Waals surface area contributed by atoms with Gasteiger partial charge in [-0.15, -0.1) is 0 Å². The summed E-state index contributed by atoms with van der Waals surface area (Å²) in [6.07, 6.45) is 0.790. The molecule has 0 bridgehead atoms. The number of carbonyl (C=O) groups excluding carboxylic acids is 1. The number of rotatable bonds is 3. The topological polar surface area (TPSA) is 49.3 Å². The lowest BCUT2D eigenvalue weighted by Crippen LogP contribution is -2.30. The lowest BCUT2D eigenvalue weighted by atomic mass is 9.89. The molecule has 0 spiro atoms. The SMILES string of the molecule is CCC(C)(C)C(=O)Nc1ccc(C#CCO)c(C)c1. The van der Waals surface area contributed by atoms with Crippen molar-refractivity contribution in [2.24, 2.45) is 5.41 Å². The van der Waals surface area contributed by atoms with Gasteiger partial charge in [0.2, 0.25) is 5.91 Å². The summed E-state index contributed by atoms with van der Waals surface area (Å²) in [6.45, 7) is 7.63. The van der Waals surface area contributed by atoms with Crippen LogP contribution >= 0.6 is 0 Å². The van der Waals surface area contributed by atoms with Gasteiger partial charge in [0.15, 0.2) is 0 Å². The van der Waals surface area contributed by atoms with Crippen molar-refractivity contribution in [2.45, 2.75) is 34.1 Å². The Bertz CT molecular complexity index is 521. The summed E-state index contributed by atoms with van der Waals surface area (Å²) in [5.74, 6) is 5.51. The molecule has 0 radical (unpaired) electrons. The number of nitrogens with one attached hydrogen (secondary N) is 1. The number of benzene rings is 1. The molecule has 0 heterocycles. The van der Waals surface area contributed by atoms with Crippen molar-refractivity contribution >= 4 is 11.6 Å². The molecule has 1 aromatic rings. The standard InChI is InChI=1S/C16H21NO2/c1-5-16(3,4)15(19)17-14-9-8-13(7-6-10-18)12(2)11-14/h8-9,11,18H,5,10H2,1-4H3,(H,17,19). The summed E-state index contributed by atoms with van der Waals surface area (Å²) < 4.78 is 0. The predicted molar refractivity (Wildman–Crippen MR) is 77.8 cm³/mol. The van der Waals surface area contributed by atoms with E-state index < -0.39 is 0 Å². The first-order chi connectivity index (χ1) is 8.90. The molecule has 0 unspecified atom stereocenters. The first-order valence-corrected chi connectivity index (χ1v) is 6.42. The summed E-state index contributed by atoms with van der Waals surface area (Å²) in [5.41, 5.74) is 2.25. The van der Waals surface area contributed by atoms with Crippen LogP contribution in [0.1, 0.15) is 38.3 Å². The van der Waals surface area contributed by atoms with E-state index in [1.165, 1.54) is 0 Å². The zero-order valence-corrected chi connectivity index (χ0v) is 12.0. The first-order valence-electron chi connectivity index (χ1n) is 6.42. The smallest absolute Gasteiger partial charge is 0.230 e. The Balaban J connectivity index is 2.88. The molecular formula is C16H21NO2. The van der Waals surface area contributed by atoms with Crippen molar-refractivity contribution in [3.05, 3.63) is 29.3 Å². The van der Waals surface area contributed by atoms with Gasteiger partial charge in [0, 0.05) is 16.7 Å². The van der Waals surface area contributed by atoms with Crippen molar-refractivity contribution in [3.8, 4) is 11.8 Å². The van der Waals surface area contributed by atoms with Gasteiger partial charge in [-0.3, -0.25) is 4.79 Å². The Kier molecular flexibility index (Phi) is 5.14. The van der Waals surface area contributed by atoms with Gasteiger partial charge in [0.05, 0.1) is 0 Å². The van der Waals surface area contributed by atoms with Crippen molar-refractivity contribution in [3.63, 3.8) is 0 Å². The summed E-state index contributed by atoms with van der Waals surface area (Å²) in [6, 6.07) is 5.58. The predicted octanol–water partition coefficient (Wildman–Crippen LogP) is 2.71. The zero-order valence-electron chi connectivity index (χ0n) is 12.0. The molecule has 2 N–H and O–H groups in total. The quantitative estimate of drug-likeness (QED) is 0.820. The summed E-state index contributed by atoms with van der Waals surface area (Å²) in [5, 5.41) is 11.6. The molecule has 0 aliphatic rings. The minimum absolute atomic E-state index is 0.0172. The second kappa shape index (κ2) is 6.40. The van der Waals surface area contributed by atoms with E-state index in [2.05, 4.69) is 17.2 Å². The van der Waals surface area contributed by atoms with Crippen LogP contribution in [0.5, 0.6) is 0 Å². The molecule has 0 fully saturated rings. The Morgan fingerprint density at radius 2 is 2.11 bits per heavy atom.